The van der Waals surface area contributed by atoms with Gasteiger partial charge in [0.1, 0.15) is 0 Å². The molecule has 5 nitrogen and oxygen atoms in total. The Hall–Kier alpha value is -1.43. The maximum atomic E-state index is 11.2. The summed E-state index contributed by atoms with van der Waals surface area (Å²) in [5.74, 6) is -0.633. The highest BCUT2D eigenvalue weighted by molar-refractivity contribution is 5.76. The quantitative estimate of drug-likeness (QED) is 0.807. The minimum Gasteiger partial charge on any atom is -0.467 e. The van der Waals surface area contributed by atoms with Crippen molar-refractivity contribution < 1.29 is 19.4 Å². The lowest BCUT2D eigenvalue weighted by molar-refractivity contribution is -0.150. The number of aliphatic hydroxyl groups is 1. The Morgan fingerprint density at radius 2 is 2.00 bits per heavy atom. The fourth-order valence-electron chi connectivity index (χ4n) is 2.23. The Balaban J connectivity index is 1.86. The Kier molecular flexibility index (Phi) is 5.52. The maximum absolute atomic E-state index is 11.2. The van der Waals surface area contributed by atoms with Gasteiger partial charge in [-0.3, -0.25) is 4.90 Å². The Morgan fingerprint density at radius 3 is 2.60 bits per heavy atom. The summed E-state index contributed by atoms with van der Waals surface area (Å²) in [6, 6.07) is 7.44. The molecule has 0 radical (unpaired) electrons. The standard InChI is InChI=1S/C15H21NO4/c1-19-15(18)14(17)13-4-2-12(3-5-13)6-7-16-8-10-20-11-9-16/h2-5,14,17H,6-11H2,1H3. The van der Waals surface area contributed by atoms with E-state index in [1.807, 2.05) is 12.1 Å². The van der Waals surface area contributed by atoms with Crippen LogP contribution < -0.4 is 0 Å². The van der Waals surface area contributed by atoms with Gasteiger partial charge in [-0.15, -0.1) is 0 Å². The molecule has 1 atom stereocenters. The van der Waals surface area contributed by atoms with Crippen LogP contribution in [0.1, 0.15) is 17.2 Å². The van der Waals surface area contributed by atoms with Gasteiger partial charge >= 0.3 is 5.97 Å². The van der Waals surface area contributed by atoms with Gasteiger partial charge in [0.05, 0.1) is 20.3 Å². The van der Waals surface area contributed by atoms with Crippen molar-refractivity contribution in [3.05, 3.63) is 35.4 Å². The molecule has 0 aromatic heterocycles. The summed E-state index contributed by atoms with van der Waals surface area (Å²) in [6.07, 6.45) is -0.248. The maximum Gasteiger partial charge on any atom is 0.339 e. The predicted molar refractivity (Wildman–Crippen MR) is 74.4 cm³/mol. The van der Waals surface area contributed by atoms with Gasteiger partial charge in [-0.25, -0.2) is 4.79 Å². The molecular weight excluding hydrogens is 258 g/mol. The van der Waals surface area contributed by atoms with Crippen LogP contribution in [0, 0.1) is 0 Å². The molecule has 1 N–H and O–H groups in total. The van der Waals surface area contributed by atoms with E-state index < -0.39 is 12.1 Å². The summed E-state index contributed by atoms with van der Waals surface area (Å²) in [5, 5.41) is 9.72. The number of morpholine rings is 1. The summed E-state index contributed by atoms with van der Waals surface area (Å²) in [4.78, 5) is 13.6. The topological polar surface area (TPSA) is 59.0 Å². The van der Waals surface area contributed by atoms with Crippen LogP contribution in [0.5, 0.6) is 0 Å². The van der Waals surface area contributed by atoms with Gasteiger partial charge in [0.15, 0.2) is 6.10 Å². The zero-order valence-corrected chi connectivity index (χ0v) is 11.7. The molecule has 1 aromatic carbocycles. The molecule has 0 bridgehead atoms. The van der Waals surface area contributed by atoms with Gasteiger partial charge in [0, 0.05) is 19.6 Å². The number of carbonyl (C=O) groups excluding carboxylic acids is 1. The second-order valence-corrected chi connectivity index (χ2v) is 4.87. The van der Waals surface area contributed by atoms with E-state index in [0.29, 0.717) is 5.56 Å². The number of carbonyl (C=O) groups is 1. The van der Waals surface area contributed by atoms with E-state index in [9.17, 15) is 9.90 Å². The van der Waals surface area contributed by atoms with Crippen LogP contribution >= 0.6 is 0 Å². The molecule has 2 rings (SSSR count). The molecule has 20 heavy (non-hydrogen) atoms. The van der Waals surface area contributed by atoms with Gasteiger partial charge < -0.3 is 14.6 Å². The van der Waals surface area contributed by atoms with Crippen molar-refractivity contribution in [2.24, 2.45) is 0 Å². The molecule has 1 heterocycles. The van der Waals surface area contributed by atoms with E-state index in [4.69, 9.17) is 4.74 Å². The first kappa shape index (κ1) is 15.0. The number of hydrogen-bond donors (Lipinski definition) is 1. The lowest BCUT2D eigenvalue weighted by Crippen LogP contribution is -2.37. The number of nitrogens with zero attached hydrogens (tertiary/aromatic N) is 1. The summed E-state index contributed by atoms with van der Waals surface area (Å²) < 4.78 is 9.83. The van der Waals surface area contributed by atoms with Gasteiger partial charge in [0.2, 0.25) is 0 Å². The number of methoxy groups -OCH3 is 1. The first-order valence-electron chi connectivity index (χ1n) is 6.85. The van der Waals surface area contributed by atoms with Crippen molar-refractivity contribution >= 4 is 5.97 Å². The van der Waals surface area contributed by atoms with Crippen molar-refractivity contribution in [1.82, 2.24) is 4.90 Å². The monoisotopic (exact) mass is 279 g/mol. The van der Waals surface area contributed by atoms with Crippen LogP contribution in [0.15, 0.2) is 24.3 Å². The molecule has 1 saturated heterocycles. The summed E-state index contributed by atoms with van der Waals surface area (Å²) in [7, 11) is 1.27. The van der Waals surface area contributed by atoms with E-state index in [2.05, 4.69) is 9.64 Å². The van der Waals surface area contributed by atoms with E-state index in [0.717, 1.165) is 39.3 Å². The summed E-state index contributed by atoms with van der Waals surface area (Å²) >= 11 is 0. The van der Waals surface area contributed by atoms with Crippen molar-refractivity contribution in [1.29, 1.82) is 0 Å². The van der Waals surface area contributed by atoms with Crippen LogP contribution in [0.2, 0.25) is 0 Å². The number of ether oxygens (including phenoxy) is 2. The van der Waals surface area contributed by atoms with Crippen molar-refractivity contribution in [2.75, 3.05) is 40.0 Å². The van der Waals surface area contributed by atoms with E-state index >= 15 is 0 Å². The zero-order chi connectivity index (χ0) is 14.4. The second kappa shape index (κ2) is 7.38. The second-order valence-electron chi connectivity index (χ2n) is 4.87. The zero-order valence-electron chi connectivity index (χ0n) is 11.7. The van der Waals surface area contributed by atoms with Crippen molar-refractivity contribution in [3.8, 4) is 0 Å². The van der Waals surface area contributed by atoms with Gasteiger partial charge in [-0.05, 0) is 17.5 Å². The minimum absolute atomic E-state index is 0.562. The fraction of sp³-hybridized carbons (Fsp3) is 0.533. The molecule has 0 aliphatic carbocycles. The molecule has 0 saturated carbocycles. The number of benzene rings is 1. The predicted octanol–water partition coefficient (Wildman–Crippen LogP) is 0.768. The van der Waals surface area contributed by atoms with Crippen LogP contribution in [0.3, 0.4) is 0 Å². The third-order valence-electron chi connectivity index (χ3n) is 3.54. The van der Waals surface area contributed by atoms with Gasteiger partial charge in [-0.2, -0.15) is 0 Å². The fourth-order valence-corrected chi connectivity index (χ4v) is 2.23. The average Bonchev–Trinajstić information content (AvgIpc) is 2.53. The SMILES string of the molecule is COC(=O)C(O)c1ccc(CCN2CCOCC2)cc1. The minimum atomic E-state index is -1.20. The number of hydrogen-bond acceptors (Lipinski definition) is 5. The highest BCUT2D eigenvalue weighted by Gasteiger charge is 2.17. The Labute approximate surface area is 119 Å². The Bertz CT molecular complexity index is 426. The number of esters is 1. The molecule has 0 spiro atoms. The number of aliphatic hydroxyl groups excluding tert-OH is 1. The largest absolute Gasteiger partial charge is 0.467 e. The summed E-state index contributed by atoms with van der Waals surface area (Å²) in [5.41, 5.74) is 1.75. The van der Waals surface area contributed by atoms with Crippen LogP contribution in [-0.4, -0.2) is 55.9 Å². The third kappa shape index (κ3) is 4.03. The first-order valence-corrected chi connectivity index (χ1v) is 6.85. The first-order chi connectivity index (χ1) is 9.70. The lowest BCUT2D eigenvalue weighted by Gasteiger charge is -2.26. The molecule has 0 amide bonds. The molecular formula is C15H21NO4. The van der Waals surface area contributed by atoms with E-state index in [1.165, 1.54) is 12.7 Å². The van der Waals surface area contributed by atoms with Crippen molar-refractivity contribution in [3.63, 3.8) is 0 Å². The normalized spacial score (nSPS) is 17.7. The number of rotatable bonds is 5. The molecule has 1 unspecified atom stereocenters. The van der Waals surface area contributed by atoms with Gasteiger partial charge in [0.25, 0.3) is 0 Å². The average molecular weight is 279 g/mol. The lowest BCUT2D eigenvalue weighted by atomic mass is 10.1. The third-order valence-corrected chi connectivity index (χ3v) is 3.54. The van der Waals surface area contributed by atoms with Crippen LogP contribution in [-0.2, 0) is 20.7 Å². The molecule has 1 aliphatic rings. The van der Waals surface area contributed by atoms with E-state index in [1.54, 1.807) is 12.1 Å². The van der Waals surface area contributed by atoms with Crippen LogP contribution in [0.4, 0.5) is 0 Å². The highest BCUT2D eigenvalue weighted by Crippen LogP contribution is 2.15. The van der Waals surface area contributed by atoms with E-state index in [-0.39, 0.29) is 0 Å². The summed E-state index contributed by atoms with van der Waals surface area (Å²) in [6.45, 7) is 4.59. The van der Waals surface area contributed by atoms with Gasteiger partial charge in [-0.1, -0.05) is 24.3 Å². The van der Waals surface area contributed by atoms with Crippen molar-refractivity contribution in [2.45, 2.75) is 12.5 Å². The molecule has 1 fully saturated rings. The smallest absolute Gasteiger partial charge is 0.339 e. The molecule has 1 aromatic rings. The Morgan fingerprint density at radius 1 is 1.35 bits per heavy atom. The highest BCUT2D eigenvalue weighted by atomic mass is 16.5. The van der Waals surface area contributed by atoms with Crippen LogP contribution in [0.25, 0.3) is 0 Å². The molecule has 1 aliphatic heterocycles. The molecule has 5 heteroatoms. The molecule has 110 valence electrons.